The van der Waals surface area contributed by atoms with Gasteiger partial charge in [0.05, 0.1) is 7.11 Å². The Labute approximate surface area is 125 Å². The predicted molar refractivity (Wildman–Crippen MR) is 84.0 cm³/mol. The van der Waals surface area contributed by atoms with Gasteiger partial charge in [0.2, 0.25) is 0 Å². The molecule has 2 aromatic carbocycles. The van der Waals surface area contributed by atoms with Crippen LogP contribution in [0.15, 0.2) is 48.5 Å². The number of hydrogen-bond acceptors (Lipinski definition) is 3. The van der Waals surface area contributed by atoms with E-state index in [2.05, 4.69) is 36.5 Å². The van der Waals surface area contributed by atoms with Crippen molar-refractivity contribution in [2.45, 2.75) is 25.5 Å². The van der Waals surface area contributed by atoms with E-state index in [9.17, 15) is 0 Å². The number of nitrogens with one attached hydrogen (secondary N) is 1. The van der Waals surface area contributed by atoms with E-state index in [-0.39, 0.29) is 12.1 Å². The number of benzene rings is 2. The van der Waals surface area contributed by atoms with Gasteiger partial charge in [-0.25, -0.2) is 0 Å². The standard InChI is InChI=1S/C18H21NO2/c1-13(14-7-5-8-16(10-14)20-2)19-12-17-11-15-6-3-4-9-18(15)21-17/h3-10,13,17,19H,11-12H2,1-2H3/t13-,17?/m0/s1. The van der Waals surface area contributed by atoms with Crippen molar-refractivity contribution >= 4 is 0 Å². The second-order valence-electron chi connectivity index (χ2n) is 5.46. The topological polar surface area (TPSA) is 30.5 Å². The lowest BCUT2D eigenvalue weighted by Gasteiger charge is -2.18. The summed E-state index contributed by atoms with van der Waals surface area (Å²) >= 11 is 0. The minimum atomic E-state index is 0.218. The largest absolute Gasteiger partial charge is 0.497 e. The van der Waals surface area contributed by atoms with E-state index in [1.165, 1.54) is 11.1 Å². The van der Waals surface area contributed by atoms with Gasteiger partial charge in [-0.2, -0.15) is 0 Å². The zero-order valence-electron chi connectivity index (χ0n) is 12.5. The molecule has 0 fully saturated rings. The molecule has 1 aliphatic heterocycles. The maximum absolute atomic E-state index is 5.95. The second kappa shape index (κ2) is 6.19. The fourth-order valence-corrected chi connectivity index (χ4v) is 2.70. The SMILES string of the molecule is COc1cccc([C@H](C)NCC2Cc3ccccc3O2)c1. The van der Waals surface area contributed by atoms with Crippen molar-refractivity contribution in [1.82, 2.24) is 5.32 Å². The van der Waals surface area contributed by atoms with Crippen molar-refractivity contribution in [1.29, 1.82) is 0 Å². The van der Waals surface area contributed by atoms with Gasteiger partial charge in [0.15, 0.2) is 0 Å². The Morgan fingerprint density at radius 3 is 2.90 bits per heavy atom. The zero-order valence-corrected chi connectivity index (χ0v) is 12.5. The van der Waals surface area contributed by atoms with E-state index >= 15 is 0 Å². The van der Waals surface area contributed by atoms with Crippen molar-refractivity contribution in [2.24, 2.45) is 0 Å². The van der Waals surface area contributed by atoms with Gasteiger partial charge in [-0.3, -0.25) is 0 Å². The maximum Gasteiger partial charge on any atom is 0.123 e. The number of rotatable bonds is 5. The molecular weight excluding hydrogens is 262 g/mol. The Morgan fingerprint density at radius 2 is 2.10 bits per heavy atom. The summed E-state index contributed by atoms with van der Waals surface area (Å²) in [6, 6.07) is 16.7. The smallest absolute Gasteiger partial charge is 0.123 e. The predicted octanol–water partition coefficient (Wildman–Crippen LogP) is 3.35. The first-order chi connectivity index (χ1) is 10.3. The number of hydrogen-bond donors (Lipinski definition) is 1. The molecule has 1 aliphatic rings. The Bertz CT molecular complexity index is 587. The number of para-hydroxylation sites is 1. The van der Waals surface area contributed by atoms with Crippen molar-refractivity contribution in [2.75, 3.05) is 13.7 Å². The highest BCUT2D eigenvalue weighted by Crippen LogP contribution is 2.28. The van der Waals surface area contributed by atoms with Crippen LogP contribution in [-0.2, 0) is 6.42 Å². The van der Waals surface area contributed by atoms with E-state index in [1.54, 1.807) is 7.11 Å². The highest BCUT2D eigenvalue weighted by Gasteiger charge is 2.22. The molecule has 0 saturated carbocycles. The van der Waals surface area contributed by atoms with Crippen molar-refractivity contribution in [3.05, 3.63) is 59.7 Å². The van der Waals surface area contributed by atoms with Crippen LogP contribution >= 0.6 is 0 Å². The van der Waals surface area contributed by atoms with Crippen LogP contribution in [0.5, 0.6) is 11.5 Å². The molecule has 2 aromatic rings. The highest BCUT2D eigenvalue weighted by atomic mass is 16.5. The van der Waals surface area contributed by atoms with E-state index in [4.69, 9.17) is 9.47 Å². The molecule has 0 spiro atoms. The summed E-state index contributed by atoms with van der Waals surface area (Å²) in [4.78, 5) is 0. The van der Waals surface area contributed by atoms with Gasteiger partial charge in [0, 0.05) is 19.0 Å². The number of ether oxygens (including phenoxy) is 2. The Hall–Kier alpha value is -2.00. The second-order valence-corrected chi connectivity index (χ2v) is 5.46. The normalized spacial score (nSPS) is 17.9. The van der Waals surface area contributed by atoms with Gasteiger partial charge >= 0.3 is 0 Å². The number of methoxy groups -OCH3 is 1. The molecular formula is C18H21NO2. The van der Waals surface area contributed by atoms with Crippen LogP contribution in [0.2, 0.25) is 0 Å². The lowest BCUT2D eigenvalue weighted by atomic mass is 10.1. The molecule has 3 heteroatoms. The Balaban J connectivity index is 1.56. The van der Waals surface area contributed by atoms with E-state index in [0.717, 1.165) is 24.5 Å². The molecule has 0 aliphatic carbocycles. The fourth-order valence-electron chi connectivity index (χ4n) is 2.70. The molecule has 0 aromatic heterocycles. The highest BCUT2D eigenvalue weighted by molar-refractivity contribution is 5.37. The molecule has 3 rings (SSSR count). The molecule has 1 unspecified atom stereocenters. The lowest BCUT2D eigenvalue weighted by molar-refractivity contribution is 0.222. The van der Waals surface area contributed by atoms with Gasteiger partial charge in [-0.15, -0.1) is 0 Å². The Kier molecular flexibility index (Phi) is 4.11. The summed E-state index contributed by atoms with van der Waals surface area (Å²) in [5.74, 6) is 1.92. The third-order valence-electron chi connectivity index (χ3n) is 3.96. The first-order valence-corrected chi connectivity index (χ1v) is 7.38. The van der Waals surface area contributed by atoms with Crippen molar-refractivity contribution in [3.8, 4) is 11.5 Å². The van der Waals surface area contributed by atoms with Crippen molar-refractivity contribution in [3.63, 3.8) is 0 Å². The average molecular weight is 283 g/mol. The van der Waals surface area contributed by atoms with Gasteiger partial charge in [0.25, 0.3) is 0 Å². The summed E-state index contributed by atoms with van der Waals surface area (Å²) in [7, 11) is 1.70. The molecule has 1 N–H and O–H groups in total. The third-order valence-corrected chi connectivity index (χ3v) is 3.96. The molecule has 0 amide bonds. The van der Waals surface area contributed by atoms with Crippen LogP contribution < -0.4 is 14.8 Å². The summed E-state index contributed by atoms with van der Waals surface area (Å²) in [5, 5.41) is 3.55. The minimum absolute atomic E-state index is 0.218. The third kappa shape index (κ3) is 3.19. The van der Waals surface area contributed by atoms with Gasteiger partial charge in [0.1, 0.15) is 17.6 Å². The fraction of sp³-hybridized carbons (Fsp3) is 0.333. The molecule has 2 atom stereocenters. The van der Waals surface area contributed by atoms with Gasteiger partial charge in [-0.1, -0.05) is 30.3 Å². The summed E-state index contributed by atoms with van der Waals surface area (Å²) in [5.41, 5.74) is 2.53. The maximum atomic E-state index is 5.95. The van der Waals surface area contributed by atoms with Crippen LogP contribution in [0.25, 0.3) is 0 Å². The van der Waals surface area contributed by atoms with Gasteiger partial charge < -0.3 is 14.8 Å². The molecule has 0 radical (unpaired) electrons. The van der Waals surface area contributed by atoms with Crippen LogP contribution in [0.1, 0.15) is 24.1 Å². The lowest BCUT2D eigenvalue weighted by Crippen LogP contribution is -2.31. The summed E-state index contributed by atoms with van der Waals surface area (Å²) in [6.45, 7) is 3.00. The molecule has 110 valence electrons. The van der Waals surface area contributed by atoms with Crippen molar-refractivity contribution < 1.29 is 9.47 Å². The zero-order chi connectivity index (χ0) is 14.7. The van der Waals surface area contributed by atoms with E-state index < -0.39 is 0 Å². The van der Waals surface area contributed by atoms with E-state index in [1.807, 2.05) is 24.3 Å². The molecule has 0 bridgehead atoms. The molecule has 21 heavy (non-hydrogen) atoms. The van der Waals surface area contributed by atoms with Crippen LogP contribution in [0, 0.1) is 0 Å². The molecule has 1 heterocycles. The Morgan fingerprint density at radius 1 is 1.24 bits per heavy atom. The quantitative estimate of drug-likeness (QED) is 0.913. The molecule has 0 saturated heterocycles. The van der Waals surface area contributed by atoms with E-state index in [0.29, 0.717) is 0 Å². The molecule has 3 nitrogen and oxygen atoms in total. The minimum Gasteiger partial charge on any atom is -0.497 e. The van der Waals surface area contributed by atoms with Gasteiger partial charge in [-0.05, 0) is 36.2 Å². The first-order valence-electron chi connectivity index (χ1n) is 7.38. The summed E-state index contributed by atoms with van der Waals surface area (Å²) < 4.78 is 11.2. The van der Waals surface area contributed by atoms with Crippen LogP contribution in [0.3, 0.4) is 0 Å². The monoisotopic (exact) mass is 283 g/mol. The summed E-state index contributed by atoms with van der Waals surface area (Å²) in [6.07, 6.45) is 1.20. The van der Waals surface area contributed by atoms with Crippen LogP contribution in [0.4, 0.5) is 0 Å². The first kappa shape index (κ1) is 14.0. The number of fused-ring (bicyclic) bond motifs is 1. The average Bonchev–Trinajstić information content (AvgIpc) is 2.95. The van der Waals surface area contributed by atoms with Crippen LogP contribution in [-0.4, -0.2) is 19.8 Å².